The number of anilines is 2. The molecule has 0 spiro atoms. The highest BCUT2D eigenvalue weighted by Gasteiger charge is 2.17. The van der Waals surface area contributed by atoms with E-state index in [-0.39, 0.29) is 22.7 Å². The topological polar surface area (TPSA) is 127 Å². The zero-order chi connectivity index (χ0) is 16.1. The van der Waals surface area contributed by atoms with Crippen LogP contribution in [0.1, 0.15) is 0 Å². The average Bonchev–Trinajstić information content (AvgIpc) is 2.47. The van der Waals surface area contributed by atoms with Gasteiger partial charge in [-0.05, 0) is 12.1 Å². The summed E-state index contributed by atoms with van der Waals surface area (Å²) in [5, 5.41) is 26.3. The highest BCUT2D eigenvalue weighted by Crippen LogP contribution is 2.25. The van der Waals surface area contributed by atoms with E-state index in [4.69, 9.17) is 0 Å². The van der Waals surface area contributed by atoms with E-state index in [2.05, 4.69) is 10.6 Å². The lowest BCUT2D eigenvalue weighted by atomic mass is 10.2. The minimum absolute atomic E-state index is 0.0106. The lowest BCUT2D eigenvalue weighted by molar-refractivity contribution is -0.384. The number of nitrogens with one attached hydrogen (secondary N) is 2. The number of hydrogen-bond acceptors (Lipinski definition) is 5. The summed E-state index contributed by atoms with van der Waals surface area (Å²) in [6.45, 7) is 0. The Balaban J connectivity index is 2.18. The molecule has 2 N–H and O–H groups in total. The molecule has 2 aromatic rings. The second kappa shape index (κ2) is 6.31. The maximum absolute atomic E-state index is 11.9. The summed E-state index contributed by atoms with van der Waals surface area (Å²) in [5.41, 5.74) is -0.576. The van der Waals surface area contributed by atoms with Crippen LogP contribution >= 0.6 is 0 Å². The molecule has 0 aromatic heterocycles. The van der Waals surface area contributed by atoms with Gasteiger partial charge in [0.2, 0.25) is 0 Å². The monoisotopic (exact) mass is 302 g/mol. The number of para-hydroxylation sites is 4. The average molecular weight is 302 g/mol. The number of urea groups is 1. The van der Waals surface area contributed by atoms with Crippen LogP contribution < -0.4 is 10.6 Å². The molecule has 0 fully saturated rings. The molecule has 0 saturated heterocycles. The van der Waals surface area contributed by atoms with E-state index >= 15 is 0 Å². The molecule has 9 heteroatoms. The van der Waals surface area contributed by atoms with Crippen LogP contribution in [-0.2, 0) is 0 Å². The van der Waals surface area contributed by atoms with Crippen molar-refractivity contribution in [3.05, 3.63) is 68.8 Å². The Hall–Kier alpha value is -3.49. The molecular formula is C13H10N4O5. The molecule has 22 heavy (non-hydrogen) atoms. The molecule has 0 heterocycles. The van der Waals surface area contributed by atoms with Gasteiger partial charge in [0.25, 0.3) is 11.4 Å². The van der Waals surface area contributed by atoms with Gasteiger partial charge in [-0.25, -0.2) is 4.79 Å². The van der Waals surface area contributed by atoms with Crippen LogP contribution in [-0.4, -0.2) is 15.9 Å². The summed E-state index contributed by atoms with van der Waals surface area (Å²) in [7, 11) is 0. The standard InChI is InChI=1S/C13H10N4O5/c18-13(14-9-5-1-3-7-11(9)16(19)20)15-10-6-2-4-8-12(10)17(21)22/h1-8H,(H2,14,15,18). The van der Waals surface area contributed by atoms with Crippen molar-refractivity contribution in [2.24, 2.45) is 0 Å². The summed E-state index contributed by atoms with van der Waals surface area (Å²) < 4.78 is 0. The van der Waals surface area contributed by atoms with Gasteiger partial charge in [-0.15, -0.1) is 0 Å². The molecule has 0 aliphatic carbocycles. The van der Waals surface area contributed by atoms with Crippen molar-refractivity contribution < 1.29 is 14.6 Å². The van der Waals surface area contributed by atoms with Crippen molar-refractivity contribution in [2.75, 3.05) is 10.6 Å². The second-order valence-electron chi connectivity index (χ2n) is 4.13. The Bertz CT molecular complexity index is 685. The van der Waals surface area contributed by atoms with Gasteiger partial charge in [-0.3, -0.25) is 20.2 Å². The Kier molecular flexibility index (Phi) is 4.27. The summed E-state index contributed by atoms with van der Waals surface area (Å²) >= 11 is 0. The number of nitro groups is 2. The Morgan fingerprint density at radius 2 is 1.14 bits per heavy atom. The van der Waals surface area contributed by atoms with Crippen LogP contribution in [0.5, 0.6) is 0 Å². The number of nitro benzene ring substituents is 2. The fourth-order valence-electron chi connectivity index (χ4n) is 1.75. The van der Waals surface area contributed by atoms with Gasteiger partial charge < -0.3 is 10.6 Å². The van der Waals surface area contributed by atoms with Gasteiger partial charge in [0, 0.05) is 12.1 Å². The van der Waals surface area contributed by atoms with E-state index in [0.29, 0.717) is 0 Å². The Morgan fingerprint density at radius 3 is 1.50 bits per heavy atom. The first kappa shape index (κ1) is 14.9. The van der Waals surface area contributed by atoms with E-state index in [9.17, 15) is 25.0 Å². The molecule has 0 unspecified atom stereocenters. The van der Waals surface area contributed by atoms with Crippen LogP contribution in [0.4, 0.5) is 27.5 Å². The fourth-order valence-corrected chi connectivity index (χ4v) is 1.75. The van der Waals surface area contributed by atoms with Gasteiger partial charge in [-0.1, -0.05) is 24.3 Å². The molecule has 0 aliphatic rings. The molecule has 0 saturated carbocycles. The van der Waals surface area contributed by atoms with Crippen LogP contribution in [0.25, 0.3) is 0 Å². The third-order valence-corrected chi connectivity index (χ3v) is 2.70. The van der Waals surface area contributed by atoms with Crippen molar-refractivity contribution >= 4 is 28.8 Å². The maximum atomic E-state index is 11.9. The normalized spacial score (nSPS) is 9.82. The van der Waals surface area contributed by atoms with Crippen LogP contribution in [0.2, 0.25) is 0 Å². The largest absolute Gasteiger partial charge is 0.324 e. The van der Waals surface area contributed by atoms with Crippen molar-refractivity contribution in [2.45, 2.75) is 0 Å². The van der Waals surface area contributed by atoms with Gasteiger partial charge in [0.05, 0.1) is 9.85 Å². The first-order chi connectivity index (χ1) is 10.5. The second-order valence-corrected chi connectivity index (χ2v) is 4.13. The van der Waals surface area contributed by atoms with Crippen molar-refractivity contribution in [1.29, 1.82) is 0 Å². The fraction of sp³-hybridized carbons (Fsp3) is 0. The van der Waals surface area contributed by atoms with E-state index in [1.807, 2.05) is 0 Å². The summed E-state index contributed by atoms with van der Waals surface area (Å²) in [6.07, 6.45) is 0. The SMILES string of the molecule is O=C(Nc1ccccc1[N+](=O)[O-])Nc1ccccc1[N+](=O)[O-]. The van der Waals surface area contributed by atoms with E-state index in [1.54, 1.807) is 0 Å². The molecule has 2 aromatic carbocycles. The zero-order valence-electron chi connectivity index (χ0n) is 11.1. The summed E-state index contributed by atoms with van der Waals surface area (Å²) in [5.74, 6) is 0. The number of rotatable bonds is 4. The van der Waals surface area contributed by atoms with E-state index in [0.717, 1.165) is 0 Å². The van der Waals surface area contributed by atoms with Gasteiger partial charge >= 0.3 is 6.03 Å². The third-order valence-electron chi connectivity index (χ3n) is 2.70. The maximum Gasteiger partial charge on any atom is 0.324 e. The number of nitrogens with zero attached hydrogens (tertiary/aromatic N) is 2. The molecule has 2 rings (SSSR count). The Morgan fingerprint density at radius 1 is 0.773 bits per heavy atom. The predicted molar refractivity (Wildman–Crippen MR) is 78.8 cm³/mol. The first-order valence-corrected chi connectivity index (χ1v) is 6.04. The van der Waals surface area contributed by atoms with Gasteiger partial charge in [-0.2, -0.15) is 0 Å². The van der Waals surface area contributed by atoms with Gasteiger partial charge in [0.15, 0.2) is 0 Å². The number of carbonyl (C=O) groups excluding carboxylic acids is 1. The van der Waals surface area contributed by atoms with E-state index < -0.39 is 15.9 Å². The molecule has 0 aliphatic heterocycles. The zero-order valence-corrected chi connectivity index (χ0v) is 11.1. The lowest BCUT2D eigenvalue weighted by Gasteiger charge is -2.08. The number of carbonyl (C=O) groups is 1. The molecular weight excluding hydrogens is 292 g/mol. The minimum Gasteiger partial charge on any atom is -0.302 e. The first-order valence-electron chi connectivity index (χ1n) is 6.04. The van der Waals surface area contributed by atoms with Crippen molar-refractivity contribution in [3.8, 4) is 0 Å². The molecule has 112 valence electrons. The van der Waals surface area contributed by atoms with Gasteiger partial charge in [0.1, 0.15) is 11.4 Å². The Labute approximate surface area is 123 Å². The van der Waals surface area contributed by atoms with Crippen LogP contribution in [0.3, 0.4) is 0 Å². The molecule has 2 amide bonds. The molecule has 9 nitrogen and oxygen atoms in total. The highest BCUT2D eigenvalue weighted by molar-refractivity contribution is 6.02. The quantitative estimate of drug-likeness (QED) is 0.662. The lowest BCUT2D eigenvalue weighted by Crippen LogP contribution is -2.20. The van der Waals surface area contributed by atoms with E-state index in [1.165, 1.54) is 48.5 Å². The van der Waals surface area contributed by atoms with Crippen LogP contribution in [0, 0.1) is 20.2 Å². The molecule has 0 radical (unpaired) electrons. The van der Waals surface area contributed by atoms with Crippen LogP contribution in [0.15, 0.2) is 48.5 Å². The third kappa shape index (κ3) is 3.33. The highest BCUT2D eigenvalue weighted by atomic mass is 16.6. The summed E-state index contributed by atoms with van der Waals surface area (Å²) in [6, 6.07) is 10.3. The van der Waals surface area contributed by atoms with Crippen molar-refractivity contribution in [1.82, 2.24) is 0 Å². The smallest absolute Gasteiger partial charge is 0.302 e. The number of amides is 2. The predicted octanol–water partition coefficient (Wildman–Crippen LogP) is 3.15. The number of hydrogen-bond donors (Lipinski definition) is 2. The molecule has 0 bridgehead atoms. The minimum atomic E-state index is -0.816. The van der Waals surface area contributed by atoms with Crippen molar-refractivity contribution in [3.63, 3.8) is 0 Å². The number of benzene rings is 2. The molecule has 0 atom stereocenters. The summed E-state index contributed by atoms with van der Waals surface area (Å²) in [4.78, 5) is 32.3.